The summed E-state index contributed by atoms with van der Waals surface area (Å²) in [5.41, 5.74) is 2.14. The van der Waals surface area contributed by atoms with E-state index in [4.69, 9.17) is 0 Å². The van der Waals surface area contributed by atoms with Crippen LogP contribution in [0.25, 0.3) is 0 Å². The van der Waals surface area contributed by atoms with E-state index in [0.29, 0.717) is 5.92 Å². The maximum Gasteiger partial charge on any atom is 0.237 e. The summed E-state index contributed by atoms with van der Waals surface area (Å²) < 4.78 is 0. The summed E-state index contributed by atoms with van der Waals surface area (Å²) in [6.07, 6.45) is 1.06. The van der Waals surface area contributed by atoms with Gasteiger partial charge in [0.15, 0.2) is 0 Å². The van der Waals surface area contributed by atoms with Gasteiger partial charge < -0.3 is 5.32 Å². The van der Waals surface area contributed by atoms with Crippen LogP contribution in [-0.4, -0.2) is 11.2 Å². The number of para-hydroxylation sites is 1. The molecule has 0 spiro atoms. The molecule has 0 unspecified atom stereocenters. The number of hydrogen-bond acceptors (Lipinski definition) is 2. The van der Waals surface area contributed by atoms with E-state index in [9.17, 15) is 4.79 Å². The van der Waals surface area contributed by atoms with E-state index in [1.165, 1.54) is 5.56 Å². The molecular weight excluding hydrogens is 290 g/mol. The van der Waals surface area contributed by atoms with Crippen LogP contribution in [0, 0.1) is 0 Å². The van der Waals surface area contributed by atoms with Crippen LogP contribution in [0.3, 0.4) is 0 Å². The van der Waals surface area contributed by atoms with Crippen molar-refractivity contribution in [2.24, 2.45) is 0 Å². The number of carbonyl (C=O) groups excluding carboxylic acids is 1. The van der Waals surface area contributed by atoms with Crippen molar-refractivity contribution >= 4 is 23.4 Å². The molecule has 2 aromatic rings. The minimum Gasteiger partial charge on any atom is -0.325 e. The highest BCUT2D eigenvalue weighted by Gasteiger charge is 2.17. The fraction of sp³-hybridized carbons (Fsp3) is 0.316. The second kappa shape index (κ2) is 8.04. The Hall–Kier alpha value is -1.74. The number of amides is 1. The second-order valence-corrected chi connectivity index (χ2v) is 6.87. The molecule has 2 atom stereocenters. The molecule has 0 saturated heterocycles. The van der Waals surface area contributed by atoms with Gasteiger partial charge in [0.1, 0.15) is 0 Å². The molecule has 0 aromatic heterocycles. The van der Waals surface area contributed by atoms with Crippen molar-refractivity contribution in [2.75, 3.05) is 5.32 Å². The molecule has 116 valence electrons. The SMILES string of the molecule is CC[C@@H](C)c1ccccc1NC(=O)[C@@H](C)Sc1ccccc1. The van der Waals surface area contributed by atoms with Crippen LogP contribution in [0.15, 0.2) is 59.5 Å². The Morgan fingerprint density at radius 1 is 1.05 bits per heavy atom. The van der Waals surface area contributed by atoms with E-state index in [1.807, 2.05) is 55.5 Å². The normalized spacial score (nSPS) is 13.4. The fourth-order valence-corrected chi connectivity index (χ4v) is 3.14. The second-order valence-electron chi connectivity index (χ2n) is 5.46. The Kier molecular flexibility index (Phi) is 6.08. The predicted octanol–water partition coefficient (Wildman–Crippen LogP) is 5.32. The van der Waals surface area contributed by atoms with E-state index < -0.39 is 0 Å². The zero-order chi connectivity index (χ0) is 15.9. The van der Waals surface area contributed by atoms with E-state index in [-0.39, 0.29) is 11.2 Å². The van der Waals surface area contributed by atoms with Gasteiger partial charge >= 0.3 is 0 Å². The van der Waals surface area contributed by atoms with Gasteiger partial charge in [-0.3, -0.25) is 4.79 Å². The Bertz CT molecular complexity index is 612. The third-order valence-corrected chi connectivity index (χ3v) is 4.90. The first-order valence-corrected chi connectivity index (χ1v) is 8.61. The highest BCUT2D eigenvalue weighted by Crippen LogP contribution is 2.28. The summed E-state index contributed by atoms with van der Waals surface area (Å²) >= 11 is 1.58. The smallest absolute Gasteiger partial charge is 0.237 e. The first kappa shape index (κ1) is 16.6. The minimum absolute atomic E-state index is 0.0459. The Balaban J connectivity index is 2.05. The van der Waals surface area contributed by atoms with E-state index in [2.05, 4.69) is 25.2 Å². The van der Waals surface area contributed by atoms with Gasteiger partial charge in [-0.05, 0) is 43.0 Å². The summed E-state index contributed by atoms with van der Waals surface area (Å²) in [5, 5.41) is 2.95. The molecule has 1 N–H and O–H groups in total. The van der Waals surface area contributed by atoms with Crippen molar-refractivity contribution in [3.63, 3.8) is 0 Å². The van der Waals surface area contributed by atoms with Crippen molar-refractivity contribution in [1.82, 2.24) is 0 Å². The molecular formula is C19H23NOS. The summed E-state index contributed by atoms with van der Waals surface area (Å²) in [7, 11) is 0. The number of benzene rings is 2. The summed E-state index contributed by atoms with van der Waals surface area (Å²) in [6.45, 7) is 6.29. The van der Waals surface area contributed by atoms with Crippen LogP contribution in [0.2, 0.25) is 0 Å². The van der Waals surface area contributed by atoms with Crippen molar-refractivity contribution < 1.29 is 4.79 Å². The molecule has 22 heavy (non-hydrogen) atoms. The van der Waals surface area contributed by atoms with Gasteiger partial charge in [-0.1, -0.05) is 50.2 Å². The molecule has 0 fully saturated rings. The zero-order valence-electron chi connectivity index (χ0n) is 13.4. The topological polar surface area (TPSA) is 29.1 Å². The molecule has 3 heteroatoms. The third kappa shape index (κ3) is 4.38. The van der Waals surface area contributed by atoms with Crippen molar-refractivity contribution in [2.45, 2.75) is 43.3 Å². The Labute approximate surface area is 137 Å². The van der Waals surface area contributed by atoms with Gasteiger partial charge in [0.25, 0.3) is 0 Å². The predicted molar refractivity (Wildman–Crippen MR) is 95.5 cm³/mol. The van der Waals surface area contributed by atoms with Crippen molar-refractivity contribution in [3.05, 3.63) is 60.2 Å². The minimum atomic E-state index is -0.132. The molecule has 0 radical (unpaired) electrons. The molecule has 2 aromatic carbocycles. The number of rotatable bonds is 6. The van der Waals surface area contributed by atoms with Gasteiger partial charge in [0, 0.05) is 10.6 Å². The molecule has 2 nitrogen and oxygen atoms in total. The lowest BCUT2D eigenvalue weighted by molar-refractivity contribution is -0.115. The van der Waals surface area contributed by atoms with Gasteiger partial charge in [-0.2, -0.15) is 0 Å². The largest absolute Gasteiger partial charge is 0.325 e. The molecule has 0 aliphatic carbocycles. The van der Waals surface area contributed by atoms with Crippen molar-refractivity contribution in [1.29, 1.82) is 0 Å². The molecule has 0 saturated carbocycles. The van der Waals surface area contributed by atoms with Crippen LogP contribution in [0.5, 0.6) is 0 Å². The molecule has 0 heterocycles. The zero-order valence-corrected chi connectivity index (χ0v) is 14.2. The highest BCUT2D eigenvalue weighted by molar-refractivity contribution is 8.00. The standard InChI is InChI=1S/C19H23NOS/c1-4-14(2)17-12-8-9-13-18(17)20-19(21)15(3)22-16-10-6-5-7-11-16/h5-15H,4H2,1-3H3,(H,20,21)/t14-,15-/m1/s1. The Morgan fingerprint density at radius 2 is 1.68 bits per heavy atom. The molecule has 0 aliphatic heterocycles. The summed E-state index contributed by atoms with van der Waals surface area (Å²) in [4.78, 5) is 13.6. The van der Waals surface area contributed by atoms with E-state index in [0.717, 1.165) is 17.0 Å². The van der Waals surface area contributed by atoms with E-state index >= 15 is 0 Å². The lowest BCUT2D eigenvalue weighted by atomic mass is 9.97. The monoisotopic (exact) mass is 313 g/mol. The van der Waals surface area contributed by atoms with Crippen LogP contribution in [0.1, 0.15) is 38.7 Å². The summed E-state index contributed by atoms with van der Waals surface area (Å²) in [5.74, 6) is 0.484. The fourth-order valence-electron chi connectivity index (χ4n) is 2.25. The maximum absolute atomic E-state index is 12.4. The van der Waals surface area contributed by atoms with Crippen molar-refractivity contribution in [3.8, 4) is 0 Å². The van der Waals surface area contributed by atoms with Crippen LogP contribution in [-0.2, 0) is 4.79 Å². The number of carbonyl (C=O) groups is 1. The number of thioether (sulfide) groups is 1. The quantitative estimate of drug-likeness (QED) is 0.731. The van der Waals surface area contributed by atoms with E-state index in [1.54, 1.807) is 11.8 Å². The molecule has 0 bridgehead atoms. The molecule has 0 aliphatic rings. The van der Waals surface area contributed by atoms with Crippen LogP contribution >= 0.6 is 11.8 Å². The van der Waals surface area contributed by atoms with Gasteiger partial charge in [0.2, 0.25) is 5.91 Å². The first-order chi connectivity index (χ1) is 10.6. The lowest BCUT2D eigenvalue weighted by Gasteiger charge is -2.17. The van der Waals surface area contributed by atoms with Crippen LogP contribution < -0.4 is 5.32 Å². The third-order valence-electron chi connectivity index (χ3n) is 3.79. The number of nitrogens with one attached hydrogen (secondary N) is 1. The molecule has 2 rings (SSSR count). The van der Waals surface area contributed by atoms with Gasteiger partial charge in [0.05, 0.1) is 5.25 Å². The Morgan fingerprint density at radius 3 is 2.36 bits per heavy atom. The molecule has 1 amide bonds. The van der Waals surface area contributed by atoms with Gasteiger partial charge in [-0.15, -0.1) is 11.8 Å². The lowest BCUT2D eigenvalue weighted by Crippen LogP contribution is -2.23. The van der Waals surface area contributed by atoms with Crippen LogP contribution in [0.4, 0.5) is 5.69 Å². The average molecular weight is 313 g/mol. The summed E-state index contributed by atoms with van der Waals surface area (Å²) in [6, 6.07) is 18.1. The average Bonchev–Trinajstić information content (AvgIpc) is 2.55. The number of anilines is 1. The van der Waals surface area contributed by atoms with Gasteiger partial charge in [-0.25, -0.2) is 0 Å². The first-order valence-electron chi connectivity index (χ1n) is 7.73. The maximum atomic E-state index is 12.4. The highest BCUT2D eigenvalue weighted by atomic mass is 32.2. The number of hydrogen-bond donors (Lipinski definition) is 1.